The van der Waals surface area contributed by atoms with Crippen LogP contribution in [0, 0.1) is 0 Å². The lowest BCUT2D eigenvalue weighted by Gasteiger charge is -2.10. The molecule has 0 spiro atoms. The smallest absolute Gasteiger partial charge is 0.112 e. The van der Waals surface area contributed by atoms with Crippen molar-refractivity contribution in [2.75, 3.05) is 12.3 Å². The average Bonchev–Trinajstić information content (AvgIpc) is 2.64. The molecule has 0 radical (unpaired) electrons. The summed E-state index contributed by atoms with van der Waals surface area (Å²) in [6, 6.07) is 5.79. The van der Waals surface area contributed by atoms with Crippen molar-refractivity contribution >= 4 is 16.7 Å². The molecule has 0 saturated carbocycles. The first-order valence-electron chi connectivity index (χ1n) is 6.00. The van der Waals surface area contributed by atoms with E-state index in [9.17, 15) is 0 Å². The topological polar surface area (TPSA) is 64.1 Å². The van der Waals surface area contributed by atoms with Crippen molar-refractivity contribution in [2.24, 2.45) is 0 Å². The summed E-state index contributed by atoms with van der Waals surface area (Å²) >= 11 is 0. The van der Waals surface area contributed by atoms with Gasteiger partial charge in [0.05, 0.1) is 11.0 Å². The van der Waals surface area contributed by atoms with E-state index in [1.165, 1.54) is 0 Å². The Morgan fingerprint density at radius 3 is 2.82 bits per heavy atom. The molecule has 2 aromatic rings. The lowest BCUT2D eigenvalue weighted by Crippen LogP contribution is -2.06. The molecule has 0 aliphatic carbocycles. The standard InChI is InChI=1S/C13H19N3O/c1-9(2)13-15-11-8-10(14)4-5-12(11)16(13)6-3-7-17/h4-5,8-9,17H,3,6-7,14H2,1-2H3. The van der Waals surface area contributed by atoms with Crippen LogP contribution >= 0.6 is 0 Å². The molecular formula is C13H19N3O. The highest BCUT2D eigenvalue weighted by Gasteiger charge is 2.13. The van der Waals surface area contributed by atoms with Crippen molar-refractivity contribution in [2.45, 2.75) is 32.7 Å². The predicted molar refractivity (Wildman–Crippen MR) is 69.9 cm³/mol. The van der Waals surface area contributed by atoms with Gasteiger partial charge in [0.25, 0.3) is 0 Å². The summed E-state index contributed by atoms with van der Waals surface area (Å²) in [4.78, 5) is 4.63. The van der Waals surface area contributed by atoms with E-state index in [1.807, 2.05) is 18.2 Å². The summed E-state index contributed by atoms with van der Waals surface area (Å²) in [5.74, 6) is 1.42. The number of nitrogens with two attached hydrogens (primary N) is 1. The van der Waals surface area contributed by atoms with Gasteiger partial charge < -0.3 is 15.4 Å². The number of nitrogen functional groups attached to an aromatic ring is 1. The molecular weight excluding hydrogens is 214 g/mol. The van der Waals surface area contributed by atoms with E-state index in [-0.39, 0.29) is 6.61 Å². The van der Waals surface area contributed by atoms with Crippen LogP contribution in [0.15, 0.2) is 18.2 Å². The van der Waals surface area contributed by atoms with Crippen molar-refractivity contribution in [3.63, 3.8) is 0 Å². The Morgan fingerprint density at radius 1 is 1.41 bits per heavy atom. The van der Waals surface area contributed by atoms with Crippen LogP contribution in [0.3, 0.4) is 0 Å². The fraction of sp³-hybridized carbons (Fsp3) is 0.462. The van der Waals surface area contributed by atoms with E-state index in [4.69, 9.17) is 10.8 Å². The Kier molecular flexibility index (Phi) is 3.33. The van der Waals surface area contributed by atoms with Gasteiger partial charge in [-0.05, 0) is 24.6 Å². The Bertz CT molecular complexity index is 517. The van der Waals surface area contributed by atoms with Gasteiger partial charge in [-0.15, -0.1) is 0 Å². The second-order valence-corrected chi connectivity index (χ2v) is 4.60. The summed E-state index contributed by atoms with van der Waals surface area (Å²) in [5, 5.41) is 8.96. The molecule has 4 heteroatoms. The molecule has 0 aliphatic heterocycles. The van der Waals surface area contributed by atoms with Crippen LogP contribution in [0.25, 0.3) is 11.0 Å². The molecule has 1 aromatic carbocycles. The van der Waals surface area contributed by atoms with Gasteiger partial charge in [-0.3, -0.25) is 0 Å². The Labute approximate surface area is 101 Å². The zero-order valence-electron chi connectivity index (χ0n) is 10.3. The van der Waals surface area contributed by atoms with E-state index in [2.05, 4.69) is 23.4 Å². The number of aryl methyl sites for hydroxylation is 1. The van der Waals surface area contributed by atoms with Crippen LogP contribution in [-0.4, -0.2) is 21.3 Å². The maximum atomic E-state index is 8.96. The lowest BCUT2D eigenvalue weighted by molar-refractivity contribution is 0.279. The molecule has 1 heterocycles. The van der Waals surface area contributed by atoms with E-state index in [0.717, 1.165) is 35.5 Å². The summed E-state index contributed by atoms with van der Waals surface area (Å²) in [6.45, 7) is 5.25. The van der Waals surface area contributed by atoms with Crippen LogP contribution in [0.2, 0.25) is 0 Å². The number of benzene rings is 1. The molecule has 0 fully saturated rings. The number of fused-ring (bicyclic) bond motifs is 1. The third-order valence-corrected chi connectivity index (χ3v) is 2.86. The first-order chi connectivity index (χ1) is 8.13. The van der Waals surface area contributed by atoms with E-state index < -0.39 is 0 Å². The number of imidazole rings is 1. The van der Waals surface area contributed by atoms with Crippen LogP contribution in [0.5, 0.6) is 0 Å². The molecule has 0 atom stereocenters. The number of aliphatic hydroxyl groups is 1. The SMILES string of the molecule is CC(C)c1nc2cc(N)ccc2n1CCCO. The van der Waals surface area contributed by atoms with Crippen LogP contribution < -0.4 is 5.73 Å². The van der Waals surface area contributed by atoms with Crippen LogP contribution in [0.4, 0.5) is 5.69 Å². The molecule has 0 unspecified atom stereocenters. The second-order valence-electron chi connectivity index (χ2n) is 4.60. The number of aliphatic hydroxyl groups excluding tert-OH is 1. The van der Waals surface area contributed by atoms with Crippen molar-refractivity contribution in [3.05, 3.63) is 24.0 Å². The van der Waals surface area contributed by atoms with Gasteiger partial charge in [-0.2, -0.15) is 0 Å². The molecule has 4 nitrogen and oxygen atoms in total. The maximum Gasteiger partial charge on any atom is 0.112 e. The molecule has 0 aliphatic rings. The van der Waals surface area contributed by atoms with Gasteiger partial charge >= 0.3 is 0 Å². The lowest BCUT2D eigenvalue weighted by atomic mass is 10.2. The number of nitrogens with zero attached hydrogens (tertiary/aromatic N) is 2. The predicted octanol–water partition coefficient (Wildman–Crippen LogP) is 2.12. The van der Waals surface area contributed by atoms with E-state index >= 15 is 0 Å². The summed E-state index contributed by atoms with van der Waals surface area (Å²) < 4.78 is 2.18. The van der Waals surface area contributed by atoms with Crippen LogP contribution in [0.1, 0.15) is 32.0 Å². The summed E-state index contributed by atoms with van der Waals surface area (Å²) in [5.41, 5.74) is 8.54. The number of hydrogen-bond donors (Lipinski definition) is 2. The molecule has 92 valence electrons. The fourth-order valence-electron chi connectivity index (χ4n) is 2.07. The van der Waals surface area contributed by atoms with Crippen LogP contribution in [-0.2, 0) is 6.54 Å². The summed E-state index contributed by atoms with van der Waals surface area (Å²) in [7, 11) is 0. The minimum Gasteiger partial charge on any atom is -0.399 e. The fourth-order valence-corrected chi connectivity index (χ4v) is 2.07. The van der Waals surface area contributed by atoms with Crippen molar-refractivity contribution < 1.29 is 5.11 Å². The number of aromatic nitrogens is 2. The second kappa shape index (κ2) is 4.75. The maximum absolute atomic E-state index is 8.96. The molecule has 1 aromatic heterocycles. The van der Waals surface area contributed by atoms with Gasteiger partial charge in [0.15, 0.2) is 0 Å². The number of hydrogen-bond acceptors (Lipinski definition) is 3. The summed E-state index contributed by atoms with van der Waals surface area (Å²) in [6.07, 6.45) is 0.746. The number of rotatable bonds is 4. The van der Waals surface area contributed by atoms with Crippen molar-refractivity contribution in [1.82, 2.24) is 9.55 Å². The Morgan fingerprint density at radius 2 is 2.18 bits per heavy atom. The zero-order chi connectivity index (χ0) is 12.4. The average molecular weight is 233 g/mol. The Hall–Kier alpha value is -1.55. The first-order valence-corrected chi connectivity index (χ1v) is 6.00. The molecule has 0 saturated heterocycles. The Balaban J connectivity index is 2.54. The van der Waals surface area contributed by atoms with Gasteiger partial charge in [-0.1, -0.05) is 13.8 Å². The highest BCUT2D eigenvalue weighted by Crippen LogP contribution is 2.23. The van der Waals surface area contributed by atoms with Crippen molar-refractivity contribution in [1.29, 1.82) is 0 Å². The minimum atomic E-state index is 0.201. The van der Waals surface area contributed by atoms with Gasteiger partial charge in [0.2, 0.25) is 0 Å². The van der Waals surface area contributed by atoms with Gasteiger partial charge in [-0.25, -0.2) is 4.98 Å². The van der Waals surface area contributed by atoms with E-state index in [1.54, 1.807) is 0 Å². The highest BCUT2D eigenvalue weighted by molar-refractivity contribution is 5.79. The van der Waals surface area contributed by atoms with E-state index in [0.29, 0.717) is 5.92 Å². The third-order valence-electron chi connectivity index (χ3n) is 2.86. The molecule has 2 rings (SSSR count). The van der Waals surface area contributed by atoms with Crippen molar-refractivity contribution in [3.8, 4) is 0 Å². The number of anilines is 1. The third kappa shape index (κ3) is 2.26. The normalized spacial score (nSPS) is 11.5. The zero-order valence-corrected chi connectivity index (χ0v) is 10.3. The molecule has 3 N–H and O–H groups in total. The largest absolute Gasteiger partial charge is 0.399 e. The molecule has 0 amide bonds. The quantitative estimate of drug-likeness (QED) is 0.795. The minimum absolute atomic E-state index is 0.201. The molecule has 17 heavy (non-hydrogen) atoms. The van der Waals surface area contributed by atoms with Gasteiger partial charge in [0.1, 0.15) is 5.82 Å². The molecule has 0 bridgehead atoms. The van der Waals surface area contributed by atoms with Gasteiger partial charge in [0, 0.05) is 24.8 Å². The first kappa shape index (κ1) is 11.9. The monoisotopic (exact) mass is 233 g/mol. The highest BCUT2D eigenvalue weighted by atomic mass is 16.3.